The summed E-state index contributed by atoms with van der Waals surface area (Å²) >= 11 is 0. The molecule has 0 bridgehead atoms. The lowest BCUT2D eigenvalue weighted by molar-refractivity contribution is -0.131. The number of hydrogen-bond acceptors (Lipinski definition) is 4. The van der Waals surface area contributed by atoms with Crippen LogP contribution >= 0.6 is 0 Å². The van der Waals surface area contributed by atoms with E-state index in [4.69, 9.17) is 5.73 Å². The van der Waals surface area contributed by atoms with Crippen LogP contribution in [0, 0.1) is 5.92 Å². The standard InChI is InChI=1S/C23H36N4O3/c1-3-14-27(15-4-2)22(29)7-5-6-21(28)25-19-8-10-20(11-9-19)26-16-12-18(13-17-26)23(24)30/h8-11,18H,3-7,12-17H2,1-2H3,(H2,24,30)(H,25,28). The number of amides is 3. The highest BCUT2D eigenvalue weighted by Crippen LogP contribution is 2.24. The summed E-state index contributed by atoms with van der Waals surface area (Å²) in [5.74, 6) is -0.174. The number of rotatable bonds is 11. The van der Waals surface area contributed by atoms with Gasteiger partial charge in [0.1, 0.15) is 0 Å². The second kappa shape index (κ2) is 12.2. The van der Waals surface area contributed by atoms with E-state index in [2.05, 4.69) is 24.1 Å². The molecule has 3 amide bonds. The summed E-state index contributed by atoms with van der Waals surface area (Å²) in [6, 6.07) is 7.75. The molecular formula is C23H36N4O3. The molecule has 0 radical (unpaired) electrons. The summed E-state index contributed by atoms with van der Waals surface area (Å²) in [5.41, 5.74) is 7.22. The van der Waals surface area contributed by atoms with E-state index in [0.717, 1.165) is 63.2 Å². The smallest absolute Gasteiger partial charge is 0.224 e. The highest BCUT2D eigenvalue weighted by Gasteiger charge is 2.23. The van der Waals surface area contributed by atoms with Crippen LogP contribution in [0.15, 0.2) is 24.3 Å². The van der Waals surface area contributed by atoms with Gasteiger partial charge in [-0.1, -0.05) is 13.8 Å². The number of primary amides is 1. The van der Waals surface area contributed by atoms with Crippen LogP contribution in [0.3, 0.4) is 0 Å². The molecular weight excluding hydrogens is 380 g/mol. The van der Waals surface area contributed by atoms with Gasteiger partial charge < -0.3 is 20.9 Å². The molecule has 7 nitrogen and oxygen atoms in total. The molecule has 0 saturated carbocycles. The normalized spacial score (nSPS) is 14.4. The van der Waals surface area contributed by atoms with Crippen LogP contribution in [0.5, 0.6) is 0 Å². The lowest BCUT2D eigenvalue weighted by Gasteiger charge is -2.32. The van der Waals surface area contributed by atoms with Crippen molar-refractivity contribution in [3.05, 3.63) is 24.3 Å². The van der Waals surface area contributed by atoms with Crippen molar-refractivity contribution in [2.24, 2.45) is 11.7 Å². The maximum Gasteiger partial charge on any atom is 0.224 e. The minimum absolute atomic E-state index is 0.0253. The number of hydrogen-bond donors (Lipinski definition) is 2. The number of nitrogens with two attached hydrogens (primary N) is 1. The first kappa shape index (κ1) is 23.7. The van der Waals surface area contributed by atoms with Gasteiger partial charge in [0.15, 0.2) is 0 Å². The molecule has 0 unspecified atom stereocenters. The van der Waals surface area contributed by atoms with Crippen LogP contribution < -0.4 is 16.0 Å². The predicted octanol–water partition coefficient (Wildman–Crippen LogP) is 3.15. The molecule has 166 valence electrons. The number of benzene rings is 1. The van der Waals surface area contributed by atoms with Crippen molar-refractivity contribution in [3.63, 3.8) is 0 Å². The van der Waals surface area contributed by atoms with E-state index in [9.17, 15) is 14.4 Å². The number of piperidine rings is 1. The molecule has 1 saturated heterocycles. The molecule has 0 aliphatic carbocycles. The Bertz CT molecular complexity index is 691. The molecule has 2 rings (SSSR count). The maximum absolute atomic E-state index is 12.3. The van der Waals surface area contributed by atoms with Crippen LogP contribution in [0.4, 0.5) is 11.4 Å². The fourth-order valence-electron chi connectivity index (χ4n) is 3.86. The minimum atomic E-state index is -0.210. The summed E-state index contributed by atoms with van der Waals surface area (Å²) in [5, 5.41) is 2.90. The Morgan fingerprint density at radius 3 is 2.17 bits per heavy atom. The van der Waals surface area contributed by atoms with E-state index in [1.54, 1.807) is 0 Å². The highest BCUT2D eigenvalue weighted by atomic mass is 16.2. The quantitative estimate of drug-likeness (QED) is 0.579. The van der Waals surface area contributed by atoms with Crippen LogP contribution in [0.1, 0.15) is 58.8 Å². The second-order valence-corrected chi connectivity index (χ2v) is 7.99. The molecule has 1 aliphatic rings. The Kier molecular flexibility index (Phi) is 9.64. The van der Waals surface area contributed by atoms with Crippen LogP contribution in [-0.4, -0.2) is 48.8 Å². The van der Waals surface area contributed by atoms with Gasteiger partial charge in [-0.2, -0.15) is 0 Å². The fraction of sp³-hybridized carbons (Fsp3) is 0.609. The Balaban J connectivity index is 1.74. The monoisotopic (exact) mass is 416 g/mol. The molecule has 1 aromatic rings. The first-order valence-electron chi connectivity index (χ1n) is 11.2. The van der Waals surface area contributed by atoms with Gasteiger partial charge in [0, 0.05) is 56.3 Å². The van der Waals surface area contributed by atoms with Crippen molar-refractivity contribution in [3.8, 4) is 0 Å². The Morgan fingerprint density at radius 2 is 1.63 bits per heavy atom. The van der Waals surface area contributed by atoms with Crippen molar-refractivity contribution >= 4 is 29.1 Å². The van der Waals surface area contributed by atoms with Gasteiger partial charge in [-0.15, -0.1) is 0 Å². The Morgan fingerprint density at radius 1 is 1.03 bits per heavy atom. The SMILES string of the molecule is CCCN(CCC)C(=O)CCCC(=O)Nc1ccc(N2CCC(C(N)=O)CC2)cc1. The molecule has 1 aromatic carbocycles. The lowest BCUT2D eigenvalue weighted by Crippen LogP contribution is -2.38. The molecule has 0 aromatic heterocycles. The van der Waals surface area contributed by atoms with E-state index in [1.807, 2.05) is 29.2 Å². The molecule has 1 aliphatic heterocycles. The summed E-state index contributed by atoms with van der Waals surface area (Å²) < 4.78 is 0. The van der Waals surface area contributed by atoms with E-state index < -0.39 is 0 Å². The largest absolute Gasteiger partial charge is 0.371 e. The van der Waals surface area contributed by atoms with Crippen molar-refractivity contribution in [1.82, 2.24) is 4.90 Å². The van der Waals surface area contributed by atoms with E-state index in [-0.39, 0.29) is 23.6 Å². The van der Waals surface area contributed by atoms with Gasteiger partial charge in [-0.3, -0.25) is 14.4 Å². The molecule has 7 heteroatoms. The first-order valence-corrected chi connectivity index (χ1v) is 11.2. The molecule has 1 heterocycles. The molecule has 1 fully saturated rings. The van der Waals surface area contributed by atoms with Crippen LogP contribution in [-0.2, 0) is 14.4 Å². The summed E-state index contributed by atoms with van der Waals surface area (Å²) in [6.07, 6.45) is 4.76. The number of nitrogens with one attached hydrogen (secondary N) is 1. The number of anilines is 2. The fourth-order valence-corrected chi connectivity index (χ4v) is 3.86. The zero-order valence-electron chi connectivity index (χ0n) is 18.4. The van der Waals surface area contributed by atoms with Crippen molar-refractivity contribution in [2.75, 3.05) is 36.4 Å². The highest BCUT2D eigenvalue weighted by molar-refractivity contribution is 5.91. The number of nitrogens with zero attached hydrogens (tertiary/aromatic N) is 2. The third kappa shape index (κ3) is 7.35. The van der Waals surface area contributed by atoms with Crippen molar-refractivity contribution in [1.29, 1.82) is 0 Å². The van der Waals surface area contributed by atoms with E-state index >= 15 is 0 Å². The summed E-state index contributed by atoms with van der Waals surface area (Å²) in [4.78, 5) is 39.9. The topological polar surface area (TPSA) is 95.7 Å². The second-order valence-electron chi connectivity index (χ2n) is 7.99. The van der Waals surface area contributed by atoms with Gasteiger partial charge in [-0.25, -0.2) is 0 Å². The van der Waals surface area contributed by atoms with Crippen LogP contribution in [0.2, 0.25) is 0 Å². The van der Waals surface area contributed by atoms with Gasteiger partial charge in [0.25, 0.3) is 0 Å². The zero-order chi connectivity index (χ0) is 21.9. The average Bonchev–Trinajstić information content (AvgIpc) is 2.74. The Hall–Kier alpha value is -2.57. The zero-order valence-corrected chi connectivity index (χ0v) is 18.4. The number of carbonyl (C=O) groups is 3. The summed E-state index contributed by atoms with van der Waals surface area (Å²) in [6.45, 7) is 7.31. The van der Waals surface area contributed by atoms with Crippen LogP contribution in [0.25, 0.3) is 0 Å². The molecule has 0 spiro atoms. The third-order valence-electron chi connectivity index (χ3n) is 5.55. The molecule has 3 N–H and O–H groups in total. The van der Waals surface area contributed by atoms with Gasteiger partial charge in [0.05, 0.1) is 0 Å². The van der Waals surface area contributed by atoms with Gasteiger partial charge >= 0.3 is 0 Å². The number of carbonyl (C=O) groups excluding carboxylic acids is 3. The molecule has 30 heavy (non-hydrogen) atoms. The van der Waals surface area contributed by atoms with Crippen molar-refractivity contribution in [2.45, 2.75) is 58.8 Å². The maximum atomic E-state index is 12.3. The van der Waals surface area contributed by atoms with E-state index in [1.165, 1.54) is 0 Å². The third-order valence-corrected chi connectivity index (χ3v) is 5.55. The predicted molar refractivity (Wildman–Crippen MR) is 120 cm³/mol. The Labute approximate surface area is 180 Å². The average molecular weight is 417 g/mol. The van der Waals surface area contributed by atoms with E-state index in [0.29, 0.717) is 19.3 Å². The van der Waals surface area contributed by atoms with Crippen molar-refractivity contribution < 1.29 is 14.4 Å². The van der Waals surface area contributed by atoms with Gasteiger partial charge in [-0.05, 0) is 56.4 Å². The first-order chi connectivity index (χ1) is 14.4. The minimum Gasteiger partial charge on any atom is -0.371 e. The molecule has 0 atom stereocenters. The van der Waals surface area contributed by atoms with Gasteiger partial charge in [0.2, 0.25) is 17.7 Å². The lowest BCUT2D eigenvalue weighted by atomic mass is 9.96. The summed E-state index contributed by atoms with van der Waals surface area (Å²) in [7, 11) is 0.